The van der Waals surface area contributed by atoms with E-state index >= 15 is 0 Å². The molecule has 0 saturated heterocycles. The maximum absolute atomic E-state index is 10.8. The number of carbonyl (C=O) groups is 1. The molecule has 0 rings (SSSR count). The van der Waals surface area contributed by atoms with E-state index in [1.54, 1.807) is 0 Å². The van der Waals surface area contributed by atoms with Crippen LogP contribution in [0.5, 0.6) is 0 Å². The van der Waals surface area contributed by atoms with E-state index in [2.05, 4.69) is 9.26 Å². The van der Waals surface area contributed by atoms with Gasteiger partial charge in [0.05, 0.1) is 6.61 Å². The second kappa shape index (κ2) is 6.16. The summed E-state index contributed by atoms with van der Waals surface area (Å²) < 4.78 is 18.8. The molecule has 8 nitrogen and oxygen atoms in total. The molecule has 2 unspecified atom stereocenters. The minimum Gasteiger partial charge on any atom is -0.432 e. The average Bonchev–Trinajstić information content (AvgIpc) is 2.13. The summed E-state index contributed by atoms with van der Waals surface area (Å²) >= 11 is 0. The highest BCUT2D eigenvalue weighted by atomic mass is 31.2. The number of esters is 1. The van der Waals surface area contributed by atoms with Crippen LogP contribution >= 0.6 is 7.82 Å². The van der Waals surface area contributed by atoms with E-state index in [1.807, 2.05) is 0 Å². The van der Waals surface area contributed by atoms with Crippen molar-refractivity contribution in [3.05, 3.63) is 0 Å². The van der Waals surface area contributed by atoms with Gasteiger partial charge >= 0.3 is 13.8 Å². The van der Waals surface area contributed by atoms with E-state index in [0.717, 1.165) is 0 Å². The number of aliphatic hydroxyl groups excluding tert-OH is 2. The number of ether oxygens (including phenoxy) is 1. The van der Waals surface area contributed by atoms with E-state index in [9.17, 15) is 9.36 Å². The molecule has 0 aliphatic rings. The molecular formula is C6H13O8P. The van der Waals surface area contributed by atoms with Crippen LogP contribution in [-0.4, -0.2) is 45.0 Å². The molecule has 90 valence electrons. The molecule has 0 radical (unpaired) electrons. The summed E-state index contributed by atoms with van der Waals surface area (Å²) in [6, 6.07) is 0. The van der Waals surface area contributed by atoms with Crippen LogP contribution < -0.4 is 0 Å². The Morgan fingerprint density at radius 1 is 1.47 bits per heavy atom. The summed E-state index contributed by atoms with van der Waals surface area (Å²) in [5.41, 5.74) is 0. The molecule has 4 N–H and O–H groups in total. The fourth-order valence-corrected chi connectivity index (χ4v) is 1.06. The highest BCUT2D eigenvalue weighted by Crippen LogP contribution is 2.38. The van der Waals surface area contributed by atoms with E-state index in [-0.39, 0.29) is 6.42 Å². The Kier molecular flexibility index (Phi) is 5.96. The Labute approximate surface area is 85.7 Å². The minimum atomic E-state index is -4.90. The van der Waals surface area contributed by atoms with Gasteiger partial charge in [0.1, 0.15) is 6.10 Å². The van der Waals surface area contributed by atoms with Crippen LogP contribution in [0.4, 0.5) is 0 Å². The lowest BCUT2D eigenvalue weighted by Gasteiger charge is -2.21. The molecule has 2 atom stereocenters. The van der Waals surface area contributed by atoms with Gasteiger partial charge in [-0.3, -0.25) is 4.79 Å². The molecule has 0 aromatic carbocycles. The lowest BCUT2D eigenvalue weighted by molar-refractivity contribution is -0.186. The monoisotopic (exact) mass is 244 g/mol. The number of phosphoric ester groups is 1. The van der Waals surface area contributed by atoms with Gasteiger partial charge < -0.3 is 24.7 Å². The predicted molar refractivity (Wildman–Crippen MR) is 46.4 cm³/mol. The van der Waals surface area contributed by atoms with Crippen LogP contribution in [0.2, 0.25) is 0 Å². The molecule has 9 heteroatoms. The van der Waals surface area contributed by atoms with Crippen molar-refractivity contribution in [3.8, 4) is 0 Å². The molecule has 0 heterocycles. The molecule has 0 aliphatic carbocycles. The minimum absolute atomic E-state index is 0.0564. The fourth-order valence-electron chi connectivity index (χ4n) is 0.605. The SMILES string of the molecule is CCC(=O)OC(OP(=O)(O)O)C(O)CO. The van der Waals surface area contributed by atoms with Gasteiger partial charge in [0.15, 0.2) is 0 Å². The molecule has 0 bridgehead atoms. The zero-order valence-corrected chi connectivity index (χ0v) is 8.83. The summed E-state index contributed by atoms with van der Waals surface area (Å²) in [6.45, 7) is 0.587. The first kappa shape index (κ1) is 14.5. The van der Waals surface area contributed by atoms with E-state index < -0.39 is 32.8 Å². The molecule has 0 spiro atoms. The van der Waals surface area contributed by atoms with Crippen molar-refractivity contribution in [2.75, 3.05) is 6.61 Å². The van der Waals surface area contributed by atoms with Gasteiger partial charge in [-0.25, -0.2) is 9.09 Å². The third kappa shape index (κ3) is 6.56. The Balaban J connectivity index is 4.45. The topological polar surface area (TPSA) is 134 Å². The number of carbonyl (C=O) groups excluding carboxylic acids is 1. The third-order valence-corrected chi connectivity index (χ3v) is 1.76. The Bertz CT molecular complexity index is 248. The number of hydrogen-bond donors (Lipinski definition) is 4. The second-order valence-corrected chi connectivity index (χ2v) is 3.75. The zero-order chi connectivity index (χ0) is 12.1. The summed E-state index contributed by atoms with van der Waals surface area (Å²) in [7, 11) is -4.90. The maximum atomic E-state index is 10.8. The number of rotatable bonds is 6. The van der Waals surface area contributed by atoms with Crippen LogP contribution in [0.3, 0.4) is 0 Å². The molecule has 0 aromatic heterocycles. The largest absolute Gasteiger partial charge is 0.472 e. The Morgan fingerprint density at radius 2 is 2.00 bits per heavy atom. The third-order valence-electron chi connectivity index (χ3n) is 1.28. The first-order valence-corrected chi connectivity index (χ1v) is 5.55. The van der Waals surface area contributed by atoms with E-state index in [4.69, 9.17) is 20.0 Å². The lowest BCUT2D eigenvalue weighted by Crippen LogP contribution is -2.35. The number of phosphoric acid groups is 1. The van der Waals surface area contributed by atoms with Gasteiger partial charge in [-0.2, -0.15) is 0 Å². The van der Waals surface area contributed by atoms with Gasteiger partial charge in [-0.05, 0) is 0 Å². The van der Waals surface area contributed by atoms with Gasteiger partial charge in [0.25, 0.3) is 0 Å². The lowest BCUT2D eigenvalue weighted by atomic mass is 10.4. The molecule has 0 fully saturated rings. The number of aliphatic hydroxyl groups is 2. The molecule has 0 aliphatic heterocycles. The van der Waals surface area contributed by atoms with Crippen LogP contribution in [0, 0.1) is 0 Å². The molecule has 15 heavy (non-hydrogen) atoms. The second-order valence-electron chi connectivity index (χ2n) is 2.56. The maximum Gasteiger partial charge on any atom is 0.472 e. The highest BCUT2D eigenvalue weighted by molar-refractivity contribution is 7.46. The van der Waals surface area contributed by atoms with Crippen molar-refractivity contribution in [2.45, 2.75) is 25.7 Å². The van der Waals surface area contributed by atoms with Gasteiger partial charge in [0.2, 0.25) is 6.29 Å². The molecule has 0 amide bonds. The van der Waals surface area contributed by atoms with Crippen LogP contribution in [-0.2, 0) is 18.6 Å². The normalized spacial score (nSPS) is 15.8. The van der Waals surface area contributed by atoms with Crippen LogP contribution in [0.1, 0.15) is 13.3 Å². The Hall–Kier alpha value is -0.500. The standard InChI is InChI=1S/C6H13O8P/c1-2-5(9)13-6(4(8)3-7)14-15(10,11)12/h4,6-8H,2-3H2,1H3,(H2,10,11,12). The molecule has 0 saturated carbocycles. The van der Waals surface area contributed by atoms with Crippen molar-refractivity contribution >= 4 is 13.8 Å². The van der Waals surface area contributed by atoms with E-state index in [1.165, 1.54) is 6.92 Å². The van der Waals surface area contributed by atoms with Gasteiger partial charge in [-0.1, -0.05) is 6.92 Å². The van der Waals surface area contributed by atoms with Crippen LogP contribution in [0.25, 0.3) is 0 Å². The number of hydrogen-bond acceptors (Lipinski definition) is 6. The average molecular weight is 244 g/mol. The van der Waals surface area contributed by atoms with Gasteiger partial charge in [0, 0.05) is 6.42 Å². The van der Waals surface area contributed by atoms with Crippen LogP contribution in [0.15, 0.2) is 0 Å². The summed E-state index contributed by atoms with van der Waals surface area (Å²) in [5.74, 6) is -0.819. The molecule has 0 aromatic rings. The summed E-state index contributed by atoms with van der Waals surface area (Å²) in [5, 5.41) is 17.5. The van der Waals surface area contributed by atoms with Crippen molar-refractivity contribution in [1.82, 2.24) is 0 Å². The van der Waals surface area contributed by atoms with Crippen molar-refractivity contribution < 1.29 is 38.6 Å². The van der Waals surface area contributed by atoms with Gasteiger partial charge in [-0.15, -0.1) is 0 Å². The summed E-state index contributed by atoms with van der Waals surface area (Å²) in [6.07, 6.45) is -3.66. The highest BCUT2D eigenvalue weighted by Gasteiger charge is 2.30. The summed E-state index contributed by atoms with van der Waals surface area (Å²) in [4.78, 5) is 27.6. The Morgan fingerprint density at radius 3 is 2.33 bits per heavy atom. The van der Waals surface area contributed by atoms with E-state index in [0.29, 0.717) is 0 Å². The zero-order valence-electron chi connectivity index (χ0n) is 7.94. The quantitative estimate of drug-likeness (QED) is 0.258. The first-order valence-electron chi connectivity index (χ1n) is 4.02. The van der Waals surface area contributed by atoms with Crippen molar-refractivity contribution in [2.24, 2.45) is 0 Å². The van der Waals surface area contributed by atoms with Crippen molar-refractivity contribution in [1.29, 1.82) is 0 Å². The predicted octanol–water partition coefficient (Wildman–Crippen LogP) is -1.27. The van der Waals surface area contributed by atoms with Crippen molar-refractivity contribution in [3.63, 3.8) is 0 Å². The fraction of sp³-hybridized carbons (Fsp3) is 0.833. The first-order chi connectivity index (χ1) is 6.80. The molecular weight excluding hydrogens is 231 g/mol. The smallest absolute Gasteiger partial charge is 0.432 e.